The summed E-state index contributed by atoms with van der Waals surface area (Å²) in [4.78, 5) is 33.6. The number of nitrogens with one attached hydrogen (secondary N) is 1. The highest BCUT2D eigenvalue weighted by Gasteiger charge is 2.20. The van der Waals surface area contributed by atoms with Crippen LogP contribution in [0.2, 0.25) is 0 Å². The molecule has 0 aromatic heterocycles. The van der Waals surface area contributed by atoms with Gasteiger partial charge in [-0.05, 0) is 12.1 Å². The Labute approximate surface area is 108 Å². The second-order valence-corrected chi connectivity index (χ2v) is 3.66. The molecule has 0 radical (unpaired) electrons. The Hall–Kier alpha value is -2.77. The van der Waals surface area contributed by atoms with Crippen molar-refractivity contribution in [3.05, 3.63) is 24.3 Å². The van der Waals surface area contributed by atoms with Gasteiger partial charge in [-0.15, -0.1) is 0 Å². The molecule has 0 fully saturated rings. The van der Waals surface area contributed by atoms with E-state index in [1.54, 1.807) is 18.2 Å². The number of rotatable bonds is 5. The van der Waals surface area contributed by atoms with E-state index in [4.69, 9.17) is 15.9 Å². The molecule has 19 heavy (non-hydrogen) atoms. The zero-order valence-corrected chi connectivity index (χ0v) is 9.87. The number of nitrogens with two attached hydrogens (primary N) is 1. The molecule has 8 heteroatoms. The highest BCUT2D eigenvalue weighted by Crippen LogP contribution is 2.17. The van der Waals surface area contributed by atoms with E-state index in [0.29, 0.717) is 10.6 Å². The third-order valence-corrected chi connectivity index (χ3v) is 2.14. The second kappa shape index (κ2) is 6.24. The van der Waals surface area contributed by atoms with Gasteiger partial charge in [-0.25, -0.2) is 4.79 Å². The van der Waals surface area contributed by atoms with E-state index in [0.717, 1.165) is 0 Å². The summed E-state index contributed by atoms with van der Waals surface area (Å²) in [7, 11) is 0. The van der Waals surface area contributed by atoms with Crippen molar-refractivity contribution in [1.29, 1.82) is 0 Å². The third kappa shape index (κ3) is 4.54. The van der Waals surface area contributed by atoms with Gasteiger partial charge in [0.05, 0.1) is 11.4 Å². The van der Waals surface area contributed by atoms with Gasteiger partial charge in [0.25, 0.3) is 0 Å². The molecular formula is C11H13N3O5. The van der Waals surface area contributed by atoms with Crippen LogP contribution >= 0.6 is 0 Å². The molecule has 0 saturated carbocycles. The Kier molecular flexibility index (Phi) is 4.69. The maximum atomic E-state index is 11.8. The van der Waals surface area contributed by atoms with Crippen molar-refractivity contribution in [2.24, 2.45) is 0 Å². The fraction of sp³-hybridized carbons (Fsp3) is 0.182. The Morgan fingerprint density at radius 1 is 1.11 bits per heavy atom. The van der Waals surface area contributed by atoms with E-state index in [9.17, 15) is 14.4 Å². The lowest BCUT2D eigenvalue weighted by molar-refractivity contribution is -0.140. The molecule has 1 aromatic carbocycles. The monoisotopic (exact) mass is 267 g/mol. The average Bonchev–Trinajstić information content (AvgIpc) is 2.30. The lowest BCUT2D eigenvalue weighted by Gasteiger charge is -2.19. The zero-order valence-electron chi connectivity index (χ0n) is 9.87. The number of anilines is 2. The van der Waals surface area contributed by atoms with E-state index in [-0.39, 0.29) is 5.69 Å². The predicted octanol–water partition coefficient (Wildman–Crippen LogP) is 0.272. The molecule has 5 N–H and O–H groups in total. The summed E-state index contributed by atoms with van der Waals surface area (Å²) in [6, 6.07) is 5.52. The van der Waals surface area contributed by atoms with Gasteiger partial charge in [-0.1, -0.05) is 12.1 Å². The molecular weight excluding hydrogens is 254 g/mol. The van der Waals surface area contributed by atoms with E-state index < -0.39 is 31.1 Å². The van der Waals surface area contributed by atoms with Gasteiger partial charge in [-0.2, -0.15) is 0 Å². The first-order valence-corrected chi connectivity index (χ1v) is 5.24. The summed E-state index contributed by atoms with van der Waals surface area (Å²) in [6.07, 6.45) is 0. The lowest BCUT2D eigenvalue weighted by Crippen LogP contribution is -2.42. The number of carboxylic acids is 2. The standard InChI is InChI=1S/C11H13N3O5/c12-7-3-1-2-4-8(7)13-11(19)14(5-9(15)16)6-10(17)18/h1-4H,5-6,12H2,(H,13,19)(H,15,16)(H,17,18). The molecule has 0 unspecified atom stereocenters. The summed E-state index contributed by atoms with van der Waals surface area (Å²) in [5.74, 6) is -2.62. The maximum Gasteiger partial charge on any atom is 0.323 e. The van der Waals surface area contributed by atoms with Crippen LogP contribution in [0.4, 0.5) is 16.2 Å². The van der Waals surface area contributed by atoms with Crippen LogP contribution in [-0.2, 0) is 9.59 Å². The van der Waals surface area contributed by atoms with Crippen molar-refractivity contribution < 1.29 is 24.6 Å². The van der Waals surface area contributed by atoms with Crippen molar-refractivity contribution in [1.82, 2.24) is 4.90 Å². The number of aliphatic carboxylic acids is 2. The van der Waals surface area contributed by atoms with E-state index >= 15 is 0 Å². The second-order valence-electron chi connectivity index (χ2n) is 3.66. The number of benzene rings is 1. The van der Waals surface area contributed by atoms with E-state index in [2.05, 4.69) is 5.32 Å². The average molecular weight is 267 g/mol. The molecule has 2 amide bonds. The minimum atomic E-state index is -1.31. The number of amides is 2. The quantitative estimate of drug-likeness (QED) is 0.566. The number of nitrogen functional groups attached to an aromatic ring is 1. The van der Waals surface area contributed by atoms with Gasteiger partial charge in [-0.3, -0.25) is 9.59 Å². The SMILES string of the molecule is Nc1ccccc1NC(=O)N(CC(=O)O)CC(=O)O. The van der Waals surface area contributed by atoms with Gasteiger partial charge in [0.1, 0.15) is 13.1 Å². The van der Waals surface area contributed by atoms with Gasteiger partial charge in [0.2, 0.25) is 0 Å². The van der Waals surface area contributed by atoms with Crippen molar-refractivity contribution in [2.45, 2.75) is 0 Å². The van der Waals surface area contributed by atoms with Gasteiger partial charge in [0.15, 0.2) is 0 Å². The number of carboxylic acid groups (broad SMARTS) is 2. The Balaban J connectivity index is 2.79. The number of hydrogen-bond acceptors (Lipinski definition) is 4. The van der Waals surface area contributed by atoms with Crippen LogP contribution in [0.5, 0.6) is 0 Å². The number of urea groups is 1. The minimum Gasteiger partial charge on any atom is -0.480 e. The van der Waals surface area contributed by atoms with E-state index in [1.165, 1.54) is 6.07 Å². The van der Waals surface area contributed by atoms with Crippen LogP contribution < -0.4 is 11.1 Å². The molecule has 1 rings (SSSR count). The third-order valence-electron chi connectivity index (χ3n) is 2.14. The van der Waals surface area contributed by atoms with Crippen molar-refractivity contribution in [2.75, 3.05) is 24.1 Å². The van der Waals surface area contributed by atoms with Crippen LogP contribution in [0, 0.1) is 0 Å². The molecule has 0 aliphatic heterocycles. The minimum absolute atomic E-state index is 0.285. The Morgan fingerprint density at radius 3 is 2.11 bits per heavy atom. The van der Waals surface area contributed by atoms with Crippen LogP contribution in [0.25, 0.3) is 0 Å². The lowest BCUT2D eigenvalue weighted by atomic mass is 10.3. The number of nitrogens with zero attached hydrogens (tertiary/aromatic N) is 1. The number of hydrogen-bond donors (Lipinski definition) is 4. The Bertz CT molecular complexity index is 487. The molecule has 0 spiro atoms. The first-order chi connectivity index (χ1) is 8.90. The van der Waals surface area contributed by atoms with Gasteiger partial charge < -0.3 is 26.2 Å². The first-order valence-electron chi connectivity index (χ1n) is 5.24. The molecule has 0 aliphatic rings. The molecule has 1 aromatic rings. The molecule has 0 aliphatic carbocycles. The summed E-state index contributed by atoms with van der Waals surface area (Å²) in [5.41, 5.74) is 6.18. The van der Waals surface area contributed by atoms with E-state index in [1.807, 2.05) is 0 Å². The summed E-state index contributed by atoms with van der Waals surface area (Å²) >= 11 is 0. The van der Waals surface area contributed by atoms with Crippen LogP contribution in [0.15, 0.2) is 24.3 Å². The Morgan fingerprint density at radius 2 is 1.63 bits per heavy atom. The molecule has 0 saturated heterocycles. The summed E-state index contributed by atoms with van der Waals surface area (Å²) in [6.45, 7) is -1.43. The highest BCUT2D eigenvalue weighted by atomic mass is 16.4. The molecule has 8 nitrogen and oxygen atoms in total. The molecule has 102 valence electrons. The fourth-order valence-electron chi connectivity index (χ4n) is 1.33. The topological polar surface area (TPSA) is 133 Å². The number of carbonyl (C=O) groups excluding carboxylic acids is 1. The maximum absolute atomic E-state index is 11.8. The fourth-order valence-corrected chi connectivity index (χ4v) is 1.33. The van der Waals surface area contributed by atoms with Crippen molar-refractivity contribution >= 4 is 29.3 Å². The summed E-state index contributed by atoms with van der Waals surface area (Å²) in [5, 5.41) is 19.6. The van der Waals surface area contributed by atoms with Crippen molar-refractivity contribution in [3.8, 4) is 0 Å². The first kappa shape index (κ1) is 14.3. The summed E-state index contributed by atoms with van der Waals surface area (Å²) < 4.78 is 0. The molecule has 0 heterocycles. The van der Waals surface area contributed by atoms with Crippen molar-refractivity contribution in [3.63, 3.8) is 0 Å². The normalized spacial score (nSPS) is 9.68. The zero-order chi connectivity index (χ0) is 14.4. The van der Waals surface area contributed by atoms with Crippen LogP contribution in [-0.4, -0.2) is 46.2 Å². The number of carbonyl (C=O) groups is 3. The van der Waals surface area contributed by atoms with Crippen LogP contribution in [0.1, 0.15) is 0 Å². The molecule has 0 bridgehead atoms. The molecule has 0 atom stereocenters. The van der Waals surface area contributed by atoms with Gasteiger partial charge >= 0.3 is 18.0 Å². The van der Waals surface area contributed by atoms with Gasteiger partial charge in [0, 0.05) is 0 Å². The predicted molar refractivity (Wildman–Crippen MR) is 66.7 cm³/mol. The smallest absolute Gasteiger partial charge is 0.323 e. The largest absolute Gasteiger partial charge is 0.480 e. The highest BCUT2D eigenvalue weighted by molar-refractivity contribution is 5.95. The number of para-hydroxylation sites is 2. The van der Waals surface area contributed by atoms with Crippen LogP contribution in [0.3, 0.4) is 0 Å².